The summed E-state index contributed by atoms with van der Waals surface area (Å²) in [6.07, 6.45) is 8.03. The second-order valence-corrected chi connectivity index (χ2v) is 5.54. The maximum absolute atomic E-state index is 10.2. The number of rotatable bonds is 4. The van der Waals surface area contributed by atoms with Crippen molar-refractivity contribution in [2.45, 2.75) is 19.1 Å². The quantitative estimate of drug-likeness (QED) is 0.896. The summed E-state index contributed by atoms with van der Waals surface area (Å²) in [7, 11) is 2.00. The molecule has 5 heteroatoms. The van der Waals surface area contributed by atoms with Gasteiger partial charge in [0.15, 0.2) is 0 Å². The van der Waals surface area contributed by atoms with Crippen molar-refractivity contribution in [2.24, 2.45) is 13.0 Å². The van der Waals surface area contributed by atoms with Crippen LogP contribution >= 0.6 is 0 Å². The number of aliphatic hydroxyl groups is 1. The van der Waals surface area contributed by atoms with Gasteiger partial charge in [0.2, 0.25) is 0 Å². The third-order valence-corrected chi connectivity index (χ3v) is 4.02. The van der Waals surface area contributed by atoms with Gasteiger partial charge in [-0.15, -0.1) is 0 Å². The molecule has 20 heavy (non-hydrogen) atoms. The van der Waals surface area contributed by atoms with E-state index in [1.165, 1.54) is 5.56 Å². The van der Waals surface area contributed by atoms with Gasteiger partial charge in [-0.3, -0.25) is 9.88 Å². The minimum atomic E-state index is -0.261. The molecule has 0 aromatic carbocycles. The molecular weight excluding hydrogens is 252 g/mol. The molecule has 1 fully saturated rings. The van der Waals surface area contributed by atoms with Gasteiger partial charge >= 0.3 is 0 Å². The Balaban J connectivity index is 1.61. The van der Waals surface area contributed by atoms with E-state index in [0.29, 0.717) is 0 Å². The molecule has 1 aliphatic heterocycles. The summed E-state index contributed by atoms with van der Waals surface area (Å²) in [4.78, 5) is 10.7. The molecule has 5 nitrogen and oxygen atoms in total. The van der Waals surface area contributed by atoms with Gasteiger partial charge in [-0.05, 0) is 24.1 Å². The summed E-state index contributed by atoms with van der Waals surface area (Å²) < 4.78 is 2.03. The van der Waals surface area contributed by atoms with E-state index in [1.54, 1.807) is 0 Å². The van der Waals surface area contributed by atoms with Crippen molar-refractivity contribution in [1.29, 1.82) is 0 Å². The molecule has 2 aromatic heterocycles. The fourth-order valence-electron chi connectivity index (χ4n) is 2.84. The van der Waals surface area contributed by atoms with Crippen molar-refractivity contribution in [2.75, 3.05) is 13.1 Å². The Hall–Kier alpha value is -1.72. The van der Waals surface area contributed by atoms with Crippen LogP contribution in [-0.4, -0.2) is 43.7 Å². The second kappa shape index (κ2) is 5.73. The van der Waals surface area contributed by atoms with Gasteiger partial charge in [-0.1, -0.05) is 0 Å². The van der Waals surface area contributed by atoms with Gasteiger partial charge in [0.25, 0.3) is 0 Å². The predicted molar refractivity (Wildman–Crippen MR) is 75.9 cm³/mol. The molecule has 2 atom stereocenters. The number of aryl methyl sites for hydroxylation is 1. The molecule has 106 valence electrons. The van der Waals surface area contributed by atoms with Crippen LogP contribution in [0.3, 0.4) is 0 Å². The smallest absolute Gasteiger partial charge is 0.122 e. The second-order valence-electron chi connectivity index (χ2n) is 5.54. The van der Waals surface area contributed by atoms with Crippen LogP contribution in [0.25, 0.3) is 0 Å². The van der Waals surface area contributed by atoms with Crippen LogP contribution in [0.1, 0.15) is 11.4 Å². The minimum absolute atomic E-state index is 0.261. The summed E-state index contributed by atoms with van der Waals surface area (Å²) in [6.45, 7) is 2.44. The topological polar surface area (TPSA) is 54.2 Å². The van der Waals surface area contributed by atoms with Crippen molar-refractivity contribution >= 4 is 0 Å². The van der Waals surface area contributed by atoms with Crippen molar-refractivity contribution in [3.05, 3.63) is 48.3 Å². The molecule has 2 aromatic rings. The highest BCUT2D eigenvalue weighted by molar-refractivity contribution is 5.11. The molecule has 0 unspecified atom stereocenters. The first-order valence-electron chi connectivity index (χ1n) is 6.98. The third-order valence-electron chi connectivity index (χ3n) is 4.02. The maximum Gasteiger partial charge on any atom is 0.122 e. The number of hydrogen-bond acceptors (Lipinski definition) is 4. The van der Waals surface area contributed by atoms with E-state index in [4.69, 9.17) is 0 Å². The lowest BCUT2D eigenvalue weighted by molar-refractivity contribution is 0.140. The molecule has 0 bridgehead atoms. The average Bonchev–Trinajstić information content (AvgIpc) is 2.99. The summed E-state index contributed by atoms with van der Waals surface area (Å²) >= 11 is 0. The molecular formula is C15H20N4O. The number of aromatic nitrogens is 3. The summed E-state index contributed by atoms with van der Waals surface area (Å²) in [5.41, 5.74) is 1.24. The van der Waals surface area contributed by atoms with E-state index in [1.807, 2.05) is 48.5 Å². The van der Waals surface area contributed by atoms with Crippen molar-refractivity contribution in [1.82, 2.24) is 19.4 Å². The van der Waals surface area contributed by atoms with E-state index in [-0.39, 0.29) is 12.0 Å². The highest BCUT2D eigenvalue weighted by atomic mass is 16.3. The number of β-amino-alcohol motifs (C(OH)–C–C–N with tert-alkyl or cyclic N) is 1. The van der Waals surface area contributed by atoms with Crippen LogP contribution in [-0.2, 0) is 20.0 Å². The Bertz CT molecular complexity index is 554. The first-order valence-corrected chi connectivity index (χ1v) is 6.98. The third kappa shape index (κ3) is 2.89. The van der Waals surface area contributed by atoms with Gasteiger partial charge in [0, 0.05) is 50.8 Å². The molecule has 3 rings (SSSR count). The lowest BCUT2D eigenvalue weighted by atomic mass is 9.97. The highest BCUT2D eigenvalue weighted by Gasteiger charge is 2.31. The van der Waals surface area contributed by atoms with Crippen molar-refractivity contribution < 1.29 is 5.11 Å². The number of imidazole rings is 1. The lowest BCUT2D eigenvalue weighted by Crippen LogP contribution is -2.23. The molecule has 0 amide bonds. The van der Waals surface area contributed by atoms with E-state index in [2.05, 4.69) is 14.9 Å². The molecule has 0 spiro atoms. The summed E-state index contributed by atoms with van der Waals surface area (Å²) in [5, 5.41) is 10.2. The largest absolute Gasteiger partial charge is 0.391 e. The summed E-state index contributed by atoms with van der Waals surface area (Å²) in [5.74, 6) is 1.33. The predicted octanol–water partition coefficient (Wildman–Crippen LogP) is 0.851. The van der Waals surface area contributed by atoms with Gasteiger partial charge in [-0.2, -0.15) is 0 Å². The zero-order valence-electron chi connectivity index (χ0n) is 11.7. The van der Waals surface area contributed by atoms with Crippen LogP contribution in [0.15, 0.2) is 36.9 Å². The maximum atomic E-state index is 10.2. The Kier molecular flexibility index (Phi) is 3.80. The van der Waals surface area contributed by atoms with Gasteiger partial charge in [0.05, 0.1) is 12.6 Å². The van der Waals surface area contributed by atoms with Crippen LogP contribution < -0.4 is 0 Å². The number of pyridine rings is 1. The Morgan fingerprint density at radius 2 is 2.05 bits per heavy atom. The molecule has 1 saturated heterocycles. The van der Waals surface area contributed by atoms with E-state index < -0.39 is 0 Å². The average molecular weight is 272 g/mol. The molecule has 0 aliphatic carbocycles. The van der Waals surface area contributed by atoms with Crippen molar-refractivity contribution in [3.8, 4) is 0 Å². The monoisotopic (exact) mass is 272 g/mol. The van der Waals surface area contributed by atoms with E-state index in [0.717, 1.165) is 31.9 Å². The van der Waals surface area contributed by atoms with E-state index >= 15 is 0 Å². The number of likely N-dealkylation sites (tertiary alicyclic amines) is 1. The SMILES string of the molecule is Cn1ccnc1CN1C[C@@H](Cc2ccncc2)[C@@H](O)C1. The zero-order valence-corrected chi connectivity index (χ0v) is 11.7. The van der Waals surface area contributed by atoms with Crippen molar-refractivity contribution in [3.63, 3.8) is 0 Å². The lowest BCUT2D eigenvalue weighted by Gasteiger charge is -2.15. The van der Waals surface area contributed by atoms with Gasteiger partial charge < -0.3 is 9.67 Å². The van der Waals surface area contributed by atoms with Crippen LogP contribution in [0.2, 0.25) is 0 Å². The zero-order chi connectivity index (χ0) is 13.9. The Morgan fingerprint density at radius 1 is 1.25 bits per heavy atom. The number of hydrogen-bond donors (Lipinski definition) is 1. The first kappa shape index (κ1) is 13.3. The fourth-order valence-corrected chi connectivity index (χ4v) is 2.84. The minimum Gasteiger partial charge on any atom is -0.391 e. The summed E-state index contributed by atoms with van der Waals surface area (Å²) in [6, 6.07) is 4.04. The van der Waals surface area contributed by atoms with Crippen LogP contribution in [0, 0.1) is 5.92 Å². The van der Waals surface area contributed by atoms with Gasteiger partial charge in [-0.25, -0.2) is 4.98 Å². The number of nitrogens with zero attached hydrogens (tertiary/aromatic N) is 4. The highest BCUT2D eigenvalue weighted by Crippen LogP contribution is 2.22. The Labute approximate surface area is 118 Å². The fraction of sp³-hybridized carbons (Fsp3) is 0.467. The first-order chi connectivity index (χ1) is 9.72. The van der Waals surface area contributed by atoms with E-state index in [9.17, 15) is 5.11 Å². The van der Waals surface area contributed by atoms with Crippen LogP contribution in [0.4, 0.5) is 0 Å². The Morgan fingerprint density at radius 3 is 2.75 bits per heavy atom. The molecule has 0 radical (unpaired) electrons. The molecule has 3 heterocycles. The van der Waals surface area contributed by atoms with Crippen LogP contribution in [0.5, 0.6) is 0 Å². The molecule has 0 saturated carbocycles. The molecule has 1 aliphatic rings. The molecule has 1 N–H and O–H groups in total. The standard InChI is InChI=1S/C15H20N4O/c1-18-7-6-17-15(18)11-19-9-13(14(20)10-19)8-12-2-4-16-5-3-12/h2-7,13-14,20H,8-11H2,1H3/t13-,14+/m1/s1. The normalized spacial score (nSPS) is 23.3. The number of aliphatic hydroxyl groups excluding tert-OH is 1. The van der Waals surface area contributed by atoms with Gasteiger partial charge in [0.1, 0.15) is 5.82 Å².